The van der Waals surface area contributed by atoms with Gasteiger partial charge in [-0.05, 0) is 37.7 Å². The van der Waals surface area contributed by atoms with Crippen molar-refractivity contribution in [2.24, 2.45) is 5.92 Å². The van der Waals surface area contributed by atoms with Gasteiger partial charge in [-0.1, -0.05) is 0 Å². The molecule has 5 rings (SSSR count). The first-order valence-corrected chi connectivity index (χ1v) is 11.4. The fourth-order valence-corrected chi connectivity index (χ4v) is 4.73. The van der Waals surface area contributed by atoms with Crippen LogP contribution < -0.4 is 5.32 Å². The molecular weight excluding hydrogens is 396 g/mol. The smallest absolute Gasteiger partial charge is 0.271 e. The number of nitrogens with one attached hydrogen (secondary N) is 1. The van der Waals surface area contributed by atoms with Crippen molar-refractivity contribution in [3.8, 4) is 0 Å². The fraction of sp³-hybridized carbons (Fsp3) is 0.636. The molecule has 0 bridgehead atoms. The Hall–Kier alpha value is -2.52. The Bertz CT molecular complexity index is 903. The molecule has 0 aromatic carbocycles. The van der Waals surface area contributed by atoms with Crippen LogP contribution in [0.2, 0.25) is 0 Å². The van der Waals surface area contributed by atoms with Gasteiger partial charge in [0.2, 0.25) is 11.7 Å². The third kappa shape index (κ3) is 4.72. The lowest BCUT2D eigenvalue weighted by Gasteiger charge is -2.33. The Morgan fingerprint density at radius 1 is 1.13 bits per heavy atom. The number of carbonyl (C=O) groups excluding carboxylic acids is 2. The van der Waals surface area contributed by atoms with Gasteiger partial charge in [-0.25, -0.2) is 9.97 Å². The summed E-state index contributed by atoms with van der Waals surface area (Å²) in [6.45, 7) is 4.27. The number of fused-ring (bicyclic) bond motifs is 1. The van der Waals surface area contributed by atoms with E-state index in [9.17, 15) is 9.59 Å². The van der Waals surface area contributed by atoms with Gasteiger partial charge in [0, 0.05) is 63.3 Å². The van der Waals surface area contributed by atoms with Crippen molar-refractivity contribution in [2.45, 2.75) is 44.2 Å². The molecule has 4 heterocycles. The number of carbonyl (C=O) groups is 2. The fourth-order valence-electron chi connectivity index (χ4n) is 4.73. The van der Waals surface area contributed by atoms with E-state index >= 15 is 0 Å². The molecule has 0 radical (unpaired) electrons. The molecule has 2 amide bonds. The first kappa shape index (κ1) is 20.4. The van der Waals surface area contributed by atoms with Crippen LogP contribution in [0.1, 0.15) is 42.6 Å². The molecule has 9 heteroatoms. The number of aromatic nitrogens is 3. The van der Waals surface area contributed by atoms with Crippen LogP contribution >= 0.6 is 0 Å². The zero-order chi connectivity index (χ0) is 21.2. The van der Waals surface area contributed by atoms with Crippen LogP contribution in [0, 0.1) is 5.92 Å². The molecule has 166 valence electrons. The lowest BCUT2D eigenvalue weighted by atomic mass is 10.1. The lowest BCUT2D eigenvalue weighted by molar-refractivity contribution is -0.136. The van der Waals surface area contributed by atoms with E-state index in [1.54, 1.807) is 16.8 Å². The Morgan fingerprint density at radius 3 is 2.71 bits per heavy atom. The van der Waals surface area contributed by atoms with Gasteiger partial charge < -0.3 is 15.0 Å². The minimum atomic E-state index is -0.176. The van der Waals surface area contributed by atoms with Crippen molar-refractivity contribution in [2.75, 3.05) is 39.4 Å². The SMILES string of the molecule is O=C(NC[C@@H]1CC[C@H](CC(=O)N2CCOCC2)N1CC1CC1)c1cn2cccnc2n1. The van der Waals surface area contributed by atoms with E-state index in [4.69, 9.17) is 4.74 Å². The van der Waals surface area contributed by atoms with Gasteiger partial charge in [-0.3, -0.25) is 18.9 Å². The standard InChI is InChI=1S/C22H30N6O3/c29-20(26-8-10-31-11-9-26)12-17-4-5-18(28(17)14-16-2-3-16)13-24-21(30)19-15-27-7-1-6-23-22(27)25-19/h1,6-7,15-18H,2-5,8-14H2,(H,24,30)/t17-,18+/m1/s1. The van der Waals surface area contributed by atoms with Crippen molar-refractivity contribution in [3.05, 3.63) is 30.4 Å². The first-order chi connectivity index (χ1) is 15.2. The molecule has 3 aliphatic rings. The second kappa shape index (κ2) is 8.92. The van der Waals surface area contributed by atoms with Gasteiger partial charge in [0.25, 0.3) is 5.91 Å². The topological polar surface area (TPSA) is 92.1 Å². The van der Waals surface area contributed by atoms with Crippen LogP contribution in [-0.4, -0.2) is 87.5 Å². The van der Waals surface area contributed by atoms with Gasteiger partial charge >= 0.3 is 0 Å². The maximum Gasteiger partial charge on any atom is 0.271 e. The van der Waals surface area contributed by atoms with Gasteiger partial charge in [0.1, 0.15) is 5.69 Å². The predicted molar refractivity (Wildman–Crippen MR) is 114 cm³/mol. The van der Waals surface area contributed by atoms with Gasteiger partial charge in [0.05, 0.1) is 13.2 Å². The Kier molecular flexibility index (Phi) is 5.87. The van der Waals surface area contributed by atoms with Crippen molar-refractivity contribution in [1.29, 1.82) is 0 Å². The largest absolute Gasteiger partial charge is 0.378 e. The summed E-state index contributed by atoms with van der Waals surface area (Å²) in [5.41, 5.74) is 0.379. The van der Waals surface area contributed by atoms with E-state index in [0.717, 1.165) is 25.3 Å². The minimum Gasteiger partial charge on any atom is -0.378 e. The van der Waals surface area contributed by atoms with Crippen LogP contribution in [0.4, 0.5) is 0 Å². The van der Waals surface area contributed by atoms with Gasteiger partial charge in [0.15, 0.2) is 0 Å². The highest BCUT2D eigenvalue weighted by molar-refractivity contribution is 5.92. The van der Waals surface area contributed by atoms with E-state index in [0.29, 0.717) is 50.7 Å². The van der Waals surface area contributed by atoms with E-state index < -0.39 is 0 Å². The molecular formula is C22H30N6O3. The molecule has 1 aliphatic carbocycles. The lowest BCUT2D eigenvalue weighted by Crippen LogP contribution is -2.47. The molecule has 2 aromatic heterocycles. The van der Waals surface area contributed by atoms with Gasteiger partial charge in [-0.15, -0.1) is 0 Å². The minimum absolute atomic E-state index is 0.176. The highest BCUT2D eigenvalue weighted by atomic mass is 16.5. The summed E-state index contributed by atoms with van der Waals surface area (Å²) in [4.78, 5) is 38.4. The number of imidazole rings is 1. The van der Waals surface area contributed by atoms with Gasteiger partial charge in [-0.2, -0.15) is 0 Å². The zero-order valence-electron chi connectivity index (χ0n) is 17.8. The predicted octanol–water partition coefficient (Wildman–Crippen LogP) is 0.951. The highest BCUT2D eigenvalue weighted by Gasteiger charge is 2.38. The number of nitrogens with zero attached hydrogens (tertiary/aromatic N) is 5. The second-order valence-corrected chi connectivity index (χ2v) is 8.89. The molecule has 2 atom stereocenters. The van der Waals surface area contributed by atoms with Crippen LogP contribution in [0.3, 0.4) is 0 Å². The summed E-state index contributed by atoms with van der Waals surface area (Å²) in [7, 11) is 0. The van der Waals surface area contributed by atoms with Crippen molar-refractivity contribution in [3.63, 3.8) is 0 Å². The molecule has 3 fully saturated rings. The first-order valence-electron chi connectivity index (χ1n) is 11.4. The number of ether oxygens (including phenoxy) is 1. The molecule has 1 saturated carbocycles. The number of morpholine rings is 1. The maximum atomic E-state index is 12.8. The second-order valence-electron chi connectivity index (χ2n) is 8.89. The monoisotopic (exact) mass is 426 g/mol. The van der Waals surface area contributed by atoms with Crippen LogP contribution in [0.5, 0.6) is 0 Å². The summed E-state index contributed by atoms with van der Waals surface area (Å²) in [5.74, 6) is 1.31. The van der Waals surface area contributed by atoms with E-state index in [1.165, 1.54) is 12.8 Å². The van der Waals surface area contributed by atoms with E-state index in [2.05, 4.69) is 20.2 Å². The molecule has 0 spiro atoms. The maximum absolute atomic E-state index is 12.8. The molecule has 1 N–H and O–H groups in total. The Balaban J connectivity index is 1.19. The molecule has 2 aliphatic heterocycles. The average molecular weight is 427 g/mol. The van der Waals surface area contributed by atoms with Crippen molar-refractivity contribution >= 4 is 17.6 Å². The van der Waals surface area contributed by atoms with Crippen LogP contribution in [0.15, 0.2) is 24.7 Å². The highest BCUT2D eigenvalue weighted by Crippen LogP contribution is 2.35. The normalized spacial score (nSPS) is 24.6. The molecule has 2 aromatic rings. The van der Waals surface area contributed by atoms with Crippen LogP contribution in [-0.2, 0) is 9.53 Å². The summed E-state index contributed by atoms with van der Waals surface area (Å²) in [6.07, 6.45) is 10.3. The van der Waals surface area contributed by atoms with Crippen molar-refractivity contribution in [1.82, 2.24) is 29.5 Å². The molecule has 9 nitrogen and oxygen atoms in total. The Morgan fingerprint density at radius 2 is 1.94 bits per heavy atom. The number of hydrogen-bond acceptors (Lipinski definition) is 6. The Labute approximate surface area is 181 Å². The zero-order valence-corrected chi connectivity index (χ0v) is 17.8. The third-order valence-corrected chi connectivity index (χ3v) is 6.68. The molecule has 31 heavy (non-hydrogen) atoms. The quantitative estimate of drug-likeness (QED) is 0.709. The number of rotatable bonds is 7. The number of amides is 2. The van der Waals surface area contributed by atoms with E-state index in [1.807, 2.05) is 17.2 Å². The third-order valence-electron chi connectivity index (χ3n) is 6.68. The number of hydrogen-bond donors (Lipinski definition) is 1. The molecule has 0 unspecified atom stereocenters. The average Bonchev–Trinajstić information content (AvgIpc) is 3.39. The van der Waals surface area contributed by atoms with Crippen LogP contribution in [0.25, 0.3) is 5.78 Å². The van der Waals surface area contributed by atoms with Crippen molar-refractivity contribution < 1.29 is 14.3 Å². The van der Waals surface area contributed by atoms with E-state index in [-0.39, 0.29) is 23.9 Å². The molecule has 2 saturated heterocycles. The summed E-state index contributed by atoms with van der Waals surface area (Å²) >= 11 is 0. The summed E-state index contributed by atoms with van der Waals surface area (Å²) < 4.78 is 7.12. The summed E-state index contributed by atoms with van der Waals surface area (Å²) in [5, 5.41) is 3.07. The summed E-state index contributed by atoms with van der Waals surface area (Å²) in [6, 6.07) is 2.34. The number of likely N-dealkylation sites (tertiary alicyclic amines) is 1.